The molecule has 0 saturated heterocycles. The van der Waals surface area contributed by atoms with Crippen molar-refractivity contribution in [3.8, 4) is 22.3 Å². The molecule has 4 aromatic carbocycles. The average molecular weight is 541 g/mol. The van der Waals surface area contributed by atoms with Gasteiger partial charge in [0.25, 0.3) is 0 Å². The zero-order chi connectivity index (χ0) is 29.1. The Morgan fingerprint density at radius 2 is 1.41 bits per heavy atom. The predicted molar refractivity (Wildman–Crippen MR) is 179 cm³/mol. The molecule has 0 saturated carbocycles. The van der Waals surface area contributed by atoms with Crippen molar-refractivity contribution in [2.45, 2.75) is 80.1 Å². The van der Waals surface area contributed by atoms with Crippen molar-refractivity contribution in [3.05, 3.63) is 107 Å². The largest absolute Gasteiger partial charge is 0.299 e. The molecule has 0 spiro atoms. The summed E-state index contributed by atoms with van der Waals surface area (Å²) in [6.07, 6.45) is 7.36. The summed E-state index contributed by atoms with van der Waals surface area (Å²) in [6, 6.07) is 28.9. The van der Waals surface area contributed by atoms with Gasteiger partial charge < -0.3 is 0 Å². The second-order valence-electron chi connectivity index (χ2n) is 11.6. The quantitative estimate of drug-likeness (QED) is 0.192. The smallest absolute Gasteiger partial charge is 0.145 e. The van der Waals surface area contributed by atoms with Gasteiger partial charge in [-0.2, -0.15) is 0 Å². The summed E-state index contributed by atoms with van der Waals surface area (Å²) in [6.45, 7) is 15.6. The van der Waals surface area contributed by atoms with Crippen molar-refractivity contribution >= 4 is 27.3 Å². The number of nitrogens with zero attached hydrogens (tertiary/aromatic N) is 2. The van der Waals surface area contributed by atoms with Crippen LogP contribution in [0.25, 0.3) is 49.6 Å². The van der Waals surface area contributed by atoms with Crippen LogP contribution in [-0.2, 0) is 0 Å². The molecule has 0 aliphatic heterocycles. The van der Waals surface area contributed by atoms with Gasteiger partial charge in [0.05, 0.1) is 11.2 Å². The molecule has 6 rings (SSSR count). The van der Waals surface area contributed by atoms with E-state index in [9.17, 15) is 0 Å². The molecule has 0 aliphatic carbocycles. The highest BCUT2D eigenvalue weighted by Crippen LogP contribution is 2.44. The van der Waals surface area contributed by atoms with Crippen molar-refractivity contribution in [3.63, 3.8) is 0 Å². The van der Waals surface area contributed by atoms with Crippen molar-refractivity contribution in [1.82, 2.24) is 9.38 Å². The van der Waals surface area contributed by atoms with Gasteiger partial charge in [-0.25, -0.2) is 4.98 Å². The van der Waals surface area contributed by atoms with E-state index in [1.165, 1.54) is 79.9 Å². The number of imidazole rings is 1. The Bertz CT molecular complexity index is 1810. The van der Waals surface area contributed by atoms with Gasteiger partial charge >= 0.3 is 0 Å². The summed E-state index contributed by atoms with van der Waals surface area (Å²) in [7, 11) is 0. The third-order valence-corrected chi connectivity index (χ3v) is 8.40. The van der Waals surface area contributed by atoms with E-state index in [4.69, 9.17) is 4.98 Å². The Morgan fingerprint density at radius 3 is 2.07 bits per heavy atom. The maximum atomic E-state index is 5.11. The first-order valence-electron chi connectivity index (χ1n) is 15.4. The fourth-order valence-corrected chi connectivity index (χ4v) is 6.25. The molecule has 0 amide bonds. The highest BCUT2D eigenvalue weighted by atomic mass is 15.0. The molecule has 2 heteroatoms. The highest BCUT2D eigenvalue weighted by Gasteiger charge is 2.22. The van der Waals surface area contributed by atoms with Crippen LogP contribution in [0.5, 0.6) is 0 Å². The third-order valence-electron chi connectivity index (χ3n) is 8.40. The first-order valence-corrected chi connectivity index (χ1v) is 15.4. The van der Waals surface area contributed by atoms with Crippen LogP contribution in [0.3, 0.4) is 0 Å². The van der Waals surface area contributed by atoms with E-state index < -0.39 is 0 Å². The second kappa shape index (κ2) is 12.3. The molecule has 0 fully saturated rings. The maximum Gasteiger partial charge on any atom is 0.145 e. The van der Waals surface area contributed by atoms with Gasteiger partial charge in [0.15, 0.2) is 0 Å². The van der Waals surface area contributed by atoms with Gasteiger partial charge in [-0.1, -0.05) is 125 Å². The summed E-state index contributed by atoms with van der Waals surface area (Å²) in [4.78, 5) is 5.11. The lowest BCUT2D eigenvalue weighted by Crippen LogP contribution is -2.01. The first-order chi connectivity index (χ1) is 19.9. The molecular weight excluding hydrogens is 496 g/mol. The van der Waals surface area contributed by atoms with Crippen LogP contribution in [-0.4, -0.2) is 9.38 Å². The van der Waals surface area contributed by atoms with Gasteiger partial charge in [-0.3, -0.25) is 4.40 Å². The summed E-state index contributed by atoms with van der Waals surface area (Å²) >= 11 is 0. The summed E-state index contributed by atoms with van der Waals surface area (Å²) < 4.78 is 2.33. The fourth-order valence-electron chi connectivity index (χ4n) is 6.25. The Kier molecular flexibility index (Phi) is 8.59. The minimum atomic E-state index is 0.440. The number of aromatic nitrogens is 2. The van der Waals surface area contributed by atoms with E-state index in [0.717, 1.165) is 17.8 Å². The van der Waals surface area contributed by atoms with E-state index in [0.29, 0.717) is 5.92 Å². The van der Waals surface area contributed by atoms with Gasteiger partial charge in [0.1, 0.15) is 5.65 Å². The maximum absolute atomic E-state index is 5.11. The summed E-state index contributed by atoms with van der Waals surface area (Å²) in [5.41, 5.74) is 12.3. The molecule has 0 N–H and O–H groups in total. The van der Waals surface area contributed by atoms with E-state index in [2.05, 4.69) is 138 Å². The molecular formula is C39H44N2. The van der Waals surface area contributed by atoms with Crippen molar-refractivity contribution in [2.24, 2.45) is 0 Å². The molecule has 6 aromatic rings. The molecule has 0 aliphatic rings. The Hall–Kier alpha value is -3.91. The SMILES string of the molecule is CCC(C)c1ccc(-c2ccccc2-c2ccccc2)c2c3cc(C)cc(C)c3n3cc(C)nc3c12.CCCCC. The van der Waals surface area contributed by atoms with E-state index in [-0.39, 0.29) is 0 Å². The zero-order valence-corrected chi connectivity index (χ0v) is 25.9. The number of pyridine rings is 1. The van der Waals surface area contributed by atoms with Crippen molar-refractivity contribution in [1.29, 1.82) is 0 Å². The Balaban J connectivity index is 0.000000623. The molecule has 2 nitrogen and oxygen atoms in total. The van der Waals surface area contributed by atoms with Crippen LogP contribution in [0.15, 0.2) is 85.1 Å². The predicted octanol–water partition coefficient (Wildman–Crippen LogP) is 11.6. The normalized spacial score (nSPS) is 12.1. The second-order valence-corrected chi connectivity index (χ2v) is 11.6. The van der Waals surface area contributed by atoms with Crippen LogP contribution >= 0.6 is 0 Å². The van der Waals surface area contributed by atoms with E-state index >= 15 is 0 Å². The molecule has 41 heavy (non-hydrogen) atoms. The van der Waals surface area contributed by atoms with Crippen LogP contribution in [0.4, 0.5) is 0 Å². The lowest BCUT2D eigenvalue weighted by atomic mass is 9.85. The van der Waals surface area contributed by atoms with Crippen molar-refractivity contribution < 1.29 is 0 Å². The van der Waals surface area contributed by atoms with E-state index in [1.807, 2.05) is 0 Å². The van der Waals surface area contributed by atoms with Gasteiger partial charge in [0.2, 0.25) is 0 Å². The molecule has 210 valence electrons. The lowest BCUT2D eigenvalue weighted by Gasteiger charge is -2.21. The van der Waals surface area contributed by atoms with Crippen LogP contribution in [0.2, 0.25) is 0 Å². The van der Waals surface area contributed by atoms with Crippen LogP contribution in [0, 0.1) is 20.8 Å². The third kappa shape index (κ3) is 5.40. The number of hydrogen-bond donors (Lipinski definition) is 0. The monoisotopic (exact) mass is 540 g/mol. The molecule has 0 bridgehead atoms. The average Bonchev–Trinajstić information content (AvgIpc) is 3.38. The lowest BCUT2D eigenvalue weighted by molar-refractivity contribution is 0.740. The number of aryl methyl sites for hydroxylation is 3. The zero-order valence-electron chi connectivity index (χ0n) is 25.9. The number of unbranched alkanes of at least 4 members (excludes halogenated alkanes) is 2. The number of rotatable bonds is 6. The van der Waals surface area contributed by atoms with Crippen molar-refractivity contribution in [2.75, 3.05) is 0 Å². The number of fused-ring (bicyclic) bond motifs is 6. The molecule has 0 radical (unpaired) electrons. The molecule has 2 aromatic heterocycles. The first kappa shape index (κ1) is 28.6. The van der Waals surface area contributed by atoms with Crippen LogP contribution < -0.4 is 0 Å². The number of benzene rings is 4. The van der Waals surface area contributed by atoms with E-state index in [1.54, 1.807) is 0 Å². The highest BCUT2D eigenvalue weighted by molar-refractivity contribution is 6.20. The standard InChI is InChI=1S/C34H32N2.C5H12/c1-6-22(3)26-16-17-29(28-15-11-10-14-27(28)25-12-8-7-9-13-25)31-30-19-21(2)18-23(4)33(30)36-20-24(5)35-34(36)32(26)31;1-3-5-4-2/h7-20,22H,6H2,1-5H3;3-5H2,1-2H3. The number of hydrogen-bond acceptors (Lipinski definition) is 1. The van der Waals surface area contributed by atoms with Crippen LogP contribution in [0.1, 0.15) is 81.7 Å². The van der Waals surface area contributed by atoms with Gasteiger partial charge in [-0.05, 0) is 72.6 Å². The Labute approximate surface area is 246 Å². The summed E-state index contributed by atoms with van der Waals surface area (Å²) in [5, 5.41) is 3.90. The fraction of sp³-hybridized carbons (Fsp3) is 0.308. The summed E-state index contributed by atoms with van der Waals surface area (Å²) in [5.74, 6) is 0.440. The van der Waals surface area contributed by atoms with Gasteiger partial charge in [-0.15, -0.1) is 0 Å². The molecule has 2 heterocycles. The Morgan fingerprint density at radius 1 is 0.732 bits per heavy atom. The molecule has 1 atom stereocenters. The minimum Gasteiger partial charge on any atom is -0.299 e. The minimum absolute atomic E-state index is 0.440. The molecule has 1 unspecified atom stereocenters. The van der Waals surface area contributed by atoms with Gasteiger partial charge in [0, 0.05) is 22.4 Å². The topological polar surface area (TPSA) is 17.3 Å².